The van der Waals surface area contributed by atoms with E-state index >= 15 is 0 Å². The third-order valence-corrected chi connectivity index (χ3v) is 4.24. The van der Waals surface area contributed by atoms with E-state index < -0.39 is 0 Å². The van der Waals surface area contributed by atoms with Crippen molar-refractivity contribution in [2.75, 3.05) is 53.0 Å². The highest BCUT2D eigenvalue weighted by atomic mass is 16.5. The molecule has 6 nitrogen and oxygen atoms in total. The van der Waals surface area contributed by atoms with Gasteiger partial charge in [-0.25, -0.2) is 0 Å². The summed E-state index contributed by atoms with van der Waals surface area (Å²) in [4.78, 5) is 16.9. The molecule has 2 aliphatic rings. The number of piperazine rings is 1. The highest BCUT2D eigenvalue weighted by Gasteiger charge is 2.34. The van der Waals surface area contributed by atoms with Gasteiger partial charge in [-0.05, 0) is 13.8 Å². The second-order valence-electron chi connectivity index (χ2n) is 5.67. The van der Waals surface area contributed by atoms with Crippen LogP contribution < -0.4 is 5.32 Å². The van der Waals surface area contributed by atoms with E-state index in [0.29, 0.717) is 12.6 Å². The molecule has 0 saturated carbocycles. The van der Waals surface area contributed by atoms with Gasteiger partial charge in [0, 0.05) is 45.9 Å². The van der Waals surface area contributed by atoms with E-state index in [1.165, 1.54) is 0 Å². The van der Waals surface area contributed by atoms with Gasteiger partial charge in [0.25, 0.3) is 0 Å². The average Bonchev–Trinajstić information content (AvgIpc) is 2.46. The molecule has 0 aromatic carbocycles. The second kappa shape index (κ2) is 7.36. The van der Waals surface area contributed by atoms with E-state index in [2.05, 4.69) is 17.1 Å². The molecule has 0 spiro atoms. The van der Waals surface area contributed by atoms with Crippen molar-refractivity contribution in [3.8, 4) is 0 Å². The molecule has 0 aromatic heterocycles. The summed E-state index contributed by atoms with van der Waals surface area (Å²) in [6, 6.07) is 0.184. The Kier molecular flexibility index (Phi) is 5.77. The lowest BCUT2D eigenvalue weighted by molar-refractivity contribution is -0.142. The summed E-state index contributed by atoms with van der Waals surface area (Å²) in [5.41, 5.74) is 0. The lowest BCUT2D eigenvalue weighted by Gasteiger charge is -2.42. The maximum absolute atomic E-state index is 12.6. The maximum atomic E-state index is 12.6. The quantitative estimate of drug-likeness (QED) is 0.758. The third kappa shape index (κ3) is 3.69. The van der Waals surface area contributed by atoms with Crippen LogP contribution in [0.2, 0.25) is 0 Å². The van der Waals surface area contributed by atoms with Crippen molar-refractivity contribution >= 4 is 5.91 Å². The third-order valence-electron chi connectivity index (χ3n) is 4.24. The summed E-state index contributed by atoms with van der Waals surface area (Å²) in [6.07, 6.45) is -0.0434. The van der Waals surface area contributed by atoms with Gasteiger partial charge in [0.2, 0.25) is 5.91 Å². The van der Waals surface area contributed by atoms with Crippen LogP contribution in [-0.2, 0) is 14.3 Å². The zero-order chi connectivity index (χ0) is 14.5. The van der Waals surface area contributed by atoms with Gasteiger partial charge in [0.1, 0.15) is 6.04 Å². The Morgan fingerprint density at radius 2 is 2.20 bits per heavy atom. The molecule has 0 radical (unpaired) electrons. The van der Waals surface area contributed by atoms with E-state index in [9.17, 15) is 4.79 Å². The van der Waals surface area contributed by atoms with Gasteiger partial charge in [-0.2, -0.15) is 0 Å². The number of hydrogen-bond donors (Lipinski definition) is 1. The van der Waals surface area contributed by atoms with Crippen molar-refractivity contribution in [2.45, 2.75) is 32.0 Å². The number of ether oxygens (including phenoxy) is 2. The highest BCUT2D eigenvalue weighted by molar-refractivity contribution is 5.82. The molecule has 1 unspecified atom stereocenters. The number of hydrogen-bond acceptors (Lipinski definition) is 5. The van der Waals surface area contributed by atoms with Gasteiger partial charge in [-0.1, -0.05) is 0 Å². The zero-order valence-electron chi connectivity index (χ0n) is 12.8. The molecule has 1 amide bonds. The number of carbonyl (C=O) groups is 1. The second-order valence-corrected chi connectivity index (χ2v) is 5.67. The number of rotatable bonds is 4. The van der Waals surface area contributed by atoms with Gasteiger partial charge in [-0.15, -0.1) is 0 Å². The summed E-state index contributed by atoms with van der Waals surface area (Å²) < 4.78 is 10.7. The molecule has 2 fully saturated rings. The van der Waals surface area contributed by atoms with Crippen molar-refractivity contribution in [3.63, 3.8) is 0 Å². The molecular weight excluding hydrogens is 258 g/mol. The largest absolute Gasteiger partial charge is 0.383 e. The van der Waals surface area contributed by atoms with E-state index in [0.717, 1.165) is 39.3 Å². The summed E-state index contributed by atoms with van der Waals surface area (Å²) in [6.45, 7) is 9.74. The lowest BCUT2D eigenvalue weighted by Crippen LogP contribution is -2.61. The van der Waals surface area contributed by atoms with Crippen molar-refractivity contribution in [3.05, 3.63) is 0 Å². The Bertz CT molecular complexity index is 327. The first-order valence-corrected chi connectivity index (χ1v) is 7.50. The van der Waals surface area contributed by atoms with Crippen LogP contribution in [0.25, 0.3) is 0 Å². The Hall–Kier alpha value is -0.690. The van der Waals surface area contributed by atoms with Crippen molar-refractivity contribution in [1.29, 1.82) is 0 Å². The van der Waals surface area contributed by atoms with E-state index in [1.54, 1.807) is 7.11 Å². The highest BCUT2D eigenvalue weighted by Crippen LogP contribution is 2.13. The zero-order valence-corrected chi connectivity index (χ0v) is 12.8. The minimum Gasteiger partial charge on any atom is -0.383 e. The molecule has 0 bridgehead atoms. The monoisotopic (exact) mass is 285 g/mol. The van der Waals surface area contributed by atoms with Gasteiger partial charge < -0.3 is 19.7 Å². The first-order valence-electron chi connectivity index (χ1n) is 7.50. The van der Waals surface area contributed by atoms with Crippen LogP contribution >= 0.6 is 0 Å². The molecule has 0 aromatic rings. The molecule has 6 heteroatoms. The van der Waals surface area contributed by atoms with Gasteiger partial charge in [-0.3, -0.25) is 9.69 Å². The Balaban J connectivity index is 1.86. The predicted molar refractivity (Wildman–Crippen MR) is 76.7 cm³/mol. The van der Waals surface area contributed by atoms with Crippen LogP contribution in [-0.4, -0.2) is 86.9 Å². The Morgan fingerprint density at radius 3 is 2.85 bits per heavy atom. The molecule has 2 aliphatic heterocycles. The number of morpholine rings is 1. The number of carbonyl (C=O) groups excluding carboxylic acids is 1. The minimum absolute atomic E-state index is 0.0434. The summed E-state index contributed by atoms with van der Waals surface area (Å²) in [7, 11) is 1.72. The number of nitrogens with zero attached hydrogens (tertiary/aromatic N) is 2. The standard InChI is InChI=1S/C14H27N3O3/c1-11-10-17(6-5-16(11)7-9-19-3)14(18)13-12(2)20-8-4-15-13/h11-13,15H,4-10H2,1-3H3/t11?,12-,13+/m1/s1. The molecule has 116 valence electrons. The molecule has 2 rings (SSSR count). The average molecular weight is 285 g/mol. The van der Waals surface area contributed by atoms with Crippen LogP contribution in [0.4, 0.5) is 0 Å². The molecule has 0 aliphatic carbocycles. The first kappa shape index (κ1) is 15.7. The van der Waals surface area contributed by atoms with Crippen LogP contribution in [0.3, 0.4) is 0 Å². The van der Waals surface area contributed by atoms with Crippen molar-refractivity contribution in [2.24, 2.45) is 0 Å². The molecule has 2 heterocycles. The van der Waals surface area contributed by atoms with Crippen LogP contribution in [0.1, 0.15) is 13.8 Å². The van der Waals surface area contributed by atoms with E-state index in [1.807, 2.05) is 11.8 Å². The van der Waals surface area contributed by atoms with Crippen molar-refractivity contribution < 1.29 is 14.3 Å². The van der Waals surface area contributed by atoms with Crippen LogP contribution in [0.5, 0.6) is 0 Å². The summed E-state index contributed by atoms with van der Waals surface area (Å²) in [5, 5.41) is 3.28. The normalized spacial score (nSPS) is 32.4. The molecule has 20 heavy (non-hydrogen) atoms. The number of amides is 1. The Labute approximate surface area is 121 Å². The van der Waals surface area contributed by atoms with Crippen LogP contribution in [0.15, 0.2) is 0 Å². The fraction of sp³-hybridized carbons (Fsp3) is 0.929. The lowest BCUT2D eigenvalue weighted by atomic mass is 10.1. The van der Waals surface area contributed by atoms with Gasteiger partial charge >= 0.3 is 0 Å². The fourth-order valence-electron chi connectivity index (χ4n) is 2.94. The van der Waals surface area contributed by atoms with E-state index in [-0.39, 0.29) is 18.1 Å². The number of methoxy groups -OCH3 is 1. The maximum Gasteiger partial charge on any atom is 0.242 e. The minimum atomic E-state index is -0.193. The summed E-state index contributed by atoms with van der Waals surface area (Å²) >= 11 is 0. The van der Waals surface area contributed by atoms with Crippen molar-refractivity contribution in [1.82, 2.24) is 15.1 Å². The smallest absolute Gasteiger partial charge is 0.242 e. The number of nitrogens with one attached hydrogen (secondary N) is 1. The predicted octanol–water partition coefficient (Wildman–Crippen LogP) is -0.458. The Morgan fingerprint density at radius 1 is 1.40 bits per heavy atom. The van der Waals surface area contributed by atoms with E-state index in [4.69, 9.17) is 9.47 Å². The molecular formula is C14H27N3O3. The molecule has 2 saturated heterocycles. The van der Waals surface area contributed by atoms with Gasteiger partial charge in [0.15, 0.2) is 0 Å². The molecule has 3 atom stereocenters. The van der Waals surface area contributed by atoms with Crippen LogP contribution in [0, 0.1) is 0 Å². The summed E-state index contributed by atoms with van der Waals surface area (Å²) in [5.74, 6) is 0.176. The van der Waals surface area contributed by atoms with Gasteiger partial charge in [0.05, 0.1) is 19.3 Å². The first-order chi connectivity index (χ1) is 9.63. The molecule has 1 N–H and O–H groups in total. The topological polar surface area (TPSA) is 54.0 Å². The SMILES string of the molecule is COCCN1CCN(C(=O)[C@H]2NCCO[C@@H]2C)CC1C. The fourth-order valence-corrected chi connectivity index (χ4v) is 2.94.